The molecule has 0 radical (unpaired) electrons. The normalized spacial score (nSPS) is 10.3. The molecule has 0 bridgehead atoms. The van der Waals surface area contributed by atoms with Gasteiger partial charge < -0.3 is 15.4 Å². The lowest BCUT2D eigenvalue weighted by Crippen LogP contribution is -2.09. The first kappa shape index (κ1) is 13.7. The van der Waals surface area contributed by atoms with Crippen molar-refractivity contribution in [3.05, 3.63) is 52.5 Å². The van der Waals surface area contributed by atoms with Crippen molar-refractivity contribution in [1.82, 2.24) is 0 Å². The average molecular weight is 321 g/mol. The van der Waals surface area contributed by atoms with Crippen molar-refractivity contribution in [3.63, 3.8) is 0 Å². The summed E-state index contributed by atoms with van der Waals surface area (Å²) in [6, 6.07) is 13.8. The van der Waals surface area contributed by atoms with Crippen LogP contribution < -0.4 is 15.4 Å². The molecule has 4 heteroatoms. The van der Waals surface area contributed by atoms with Crippen LogP contribution in [0.25, 0.3) is 0 Å². The molecule has 0 aliphatic heterocycles. The molecule has 0 spiro atoms. The zero-order valence-electron chi connectivity index (χ0n) is 11.1. The van der Waals surface area contributed by atoms with Crippen LogP contribution >= 0.6 is 15.9 Å². The van der Waals surface area contributed by atoms with Crippen molar-refractivity contribution in [2.45, 2.75) is 6.61 Å². The highest BCUT2D eigenvalue weighted by atomic mass is 79.9. The molecule has 2 N–H and O–H groups in total. The zero-order valence-corrected chi connectivity index (χ0v) is 12.6. The van der Waals surface area contributed by atoms with Crippen LogP contribution in [0.2, 0.25) is 0 Å². The van der Waals surface area contributed by atoms with Crippen molar-refractivity contribution in [2.24, 2.45) is 0 Å². The fourth-order valence-corrected chi connectivity index (χ4v) is 2.10. The molecule has 0 unspecified atom stereocenters. The Labute approximate surface area is 122 Å². The first-order valence-electron chi connectivity index (χ1n) is 6.01. The molecule has 3 nitrogen and oxygen atoms in total. The Kier molecular flexibility index (Phi) is 4.32. The van der Waals surface area contributed by atoms with E-state index < -0.39 is 0 Å². The summed E-state index contributed by atoms with van der Waals surface area (Å²) in [5.41, 5.74) is 8.75. The Morgan fingerprint density at radius 1 is 1.16 bits per heavy atom. The van der Waals surface area contributed by atoms with Crippen molar-refractivity contribution in [3.8, 4) is 5.75 Å². The maximum Gasteiger partial charge on any atom is 0.144 e. The van der Waals surface area contributed by atoms with Gasteiger partial charge in [-0.15, -0.1) is 0 Å². The number of anilines is 2. The number of benzene rings is 2. The van der Waals surface area contributed by atoms with E-state index in [1.807, 2.05) is 61.5 Å². The molecule has 0 saturated carbocycles. The number of halogens is 1. The molecule has 0 heterocycles. The lowest BCUT2D eigenvalue weighted by molar-refractivity contribution is 0.307. The van der Waals surface area contributed by atoms with Crippen LogP contribution in [0, 0.1) is 0 Å². The van der Waals surface area contributed by atoms with Gasteiger partial charge in [-0.3, -0.25) is 0 Å². The van der Waals surface area contributed by atoms with Crippen LogP contribution in [0.5, 0.6) is 5.75 Å². The first-order chi connectivity index (χ1) is 9.08. The van der Waals surface area contributed by atoms with Crippen LogP contribution in [-0.2, 0) is 6.61 Å². The van der Waals surface area contributed by atoms with Gasteiger partial charge in [0.2, 0.25) is 0 Å². The number of hydrogen-bond donors (Lipinski definition) is 1. The highest BCUT2D eigenvalue weighted by molar-refractivity contribution is 9.10. The van der Waals surface area contributed by atoms with Crippen LogP contribution in [0.3, 0.4) is 0 Å². The smallest absolute Gasteiger partial charge is 0.144 e. The third kappa shape index (κ3) is 3.41. The second-order valence-electron chi connectivity index (χ2n) is 4.50. The maximum atomic E-state index is 5.94. The van der Waals surface area contributed by atoms with Crippen molar-refractivity contribution >= 4 is 27.3 Å². The zero-order chi connectivity index (χ0) is 13.8. The predicted molar refractivity (Wildman–Crippen MR) is 83.7 cm³/mol. The summed E-state index contributed by atoms with van der Waals surface area (Å²) < 4.78 is 6.85. The Morgan fingerprint density at radius 3 is 2.58 bits per heavy atom. The van der Waals surface area contributed by atoms with E-state index in [0.29, 0.717) is 18.0 Å². The number of nitrogen functional groups attached to an aromatic ring is 1. The molecule has 0 atom stereocenters. The van der Waals surface area contributed by atoms with Gasteiger partial charge in [0.05, 0.1) is 5.69 Å². The number of nitrogens with zero attached hydrogens (tertiary/aromatic N) is 1. The predicted octanol–water partition coefficient (Wildman–Crippen LogP) is 3.68. The second kappa shape index (κ2) is 5.97. The minimum absolute atomic E-state index is 0.489. The van der Waals surface area contributed by atoms with Crippen LogP contribution in [0.15, 0.2) is 46.9 Å². The Balaban J connectivity index is 2.15. The quantitative estimate of drug-likeness (QED) is 0.873. The summed E-state index contributed by atoms with van der Waals surface area (Å²) in [4.78, 5) is 2.02. The monoisotopic (exact) mass is 320 g/mol. The molecule has 0 saturated heterocycles. The number of ether oxygens (including phenoxy) is 1. The molecule has 2 aromatic carbocycles. The number of nitrogens with two attached hydrogens (primary N) is 1. The second-order valence-corrected chi connectivity index (χ2v) is 5.35. The molecule has 19 heavy (non-hydrogen) atoms. The van der Waals surface area contributed by atoms with E-state index in [1.54, 1.807) is 0 Å². The molecule has 0 aliphatic rings. The minimum Gasteiger partial charge on any atom is -0.487 e. The molecule has 100 valence electrons. The maximum absolute atomic E-state index is 5.94. The highest BCUT2D eigenvalue weighted by Crippen LogP contribution is 2.28. The van der Waals surface area contributed by atoms with Gasteiger partial charge in [-0.2, -0.15) is 0 Å². The van der Waals surface area contributed by atoms with Crippen molar-refractivity contribution in [2.75, 3.05) is 24.7 Å². The van der Waals surface area contributed by atoms with E-state index >= 15 is 0 Å². The van der Waals surface area contributed by atoms with E-state index in [1.165, 1.54) is 0 Å². The van der Waals surface area contributed by atoms with Crippen LogP contribution in [0.1, 0.15) is 5.56 Å². The Hall–Kier alpha value is -1.68. The van der Waals surface area contributed by atoms with E-state index in [9.17, 15) is 0 Å². The van der Waals surface area contributed by atoms with E-state index in [2.05, 4.69) is 15.9 Å². The standard InChI is InChI=1S/C15H17BrN2O/c1-18(2)12-7-8-14(17)15(9-12)19-10-11-5-3-4-6-13(11)16/h3-9H,10,17H2,1-2H3. The van der Waals surface area contributed by atoms with Gasteiger partial charge in [-0.1, -0.05) is 34.1 Å². The van der Waals surface area contributed by atoms with E-state index in [-0.39, 0.29) is 0 Å². The van der Waals surface area contributed by atoms with E-state index in [0.717, 1.165) is 15.7 Å². The van der Waals surface area contributed by atoms with Crippen LogP contribution in [0.4, 0.5) is 11.4 Å². The molecular weight excluding hydrogens is 304 g/mol. The van der Waals surface area contributed by atoms with Crippen LogP contribution in [-0.4, -0.2) is 14.1 Å². The molecule has 0 amide bonds. The summed E-state index contributed by atoms with van der Waals surface area (Å²) in [5, 5.41) is 0. The van der Waals surface area contributed by atoms with Gasteiger partial charge in [-0.25, -0.2) is 0 Å². The molecule has 0 fully saturated rings. The summed E-state index contributed by atoms with van der Waals surface area (Å²) in [7, 11) is 3.98. The van der Waals surface area contributed by atoms with E-state index in [4.69, 9.17) is 10.5 Å². The van der Waals surface area contributed by atoms with Crippen molar-refractivity contribution in [1.29, 1.82) is 0 Å². The summed E-state index contributed by atoms with van der Waals surface area (Å²) in [6.45, 7) is 0.489. The van der Waals surface area contributed by atoms with Gasteiger partial charge in [0, 0.05) is 35.9 Å². The molecular formula is C15H17BrN2O. The van der Waals surface area contributed by atoms with Gasteiger partial charge in [0.25, 0.3) is 0 Å². The molecule has 0 aromatic heterocycles. The molecule has 2 rings (SSSR count). The summed E-state index contributed by atoms with van der Waals surface area (Å²) in [5.74, 6) is 0.710. The third-order valence-electron chi connectivity index (χ3n) is 2.85. The third-order valence-corrected chi connectivity index (χ3v) is 3.63. The topological polar surface area (TPSA) is 38.5 Å². The lowest BCUT2D eigenvalue weighted by atomic mass is 10.2. The minimum atomic E-state index is 0.489. The number of hydrogen-bond acceptors (Lipinski definition) is 3. The fraction of sp³-hybridized carbons (Fsp3) is 0.200. The Bertz CT molecular complexity index is 570. The summed E-state index contributed by atoms with van der Waals surface area (Å²) in [6.07, 6.45) is 0. The first-order valence-corrected chi connectivity index (χ1v) is 6.80. The average Bonchev–Trinajstić information content (AvgIpc) is 2.39. The van der Waals surface area contributed by atoms with Gasteiger partial charge in [-0.05, 0) is 18.2 Å². The molecule has 2 aromatic rings. The Morgan fingerprint density at radius 2 is 1.89 bits per heavy atom. The summed E-state index contributed by atoms with van der Waals surface area (Å²) >= 11 is 3.51. The van der Waals surface area contributed by atoms with Gasteiger partial charge >= 0.3 is 0 Å². The largest absolute Gasteiger partial charge is 0.487 e. The fourth-order valence-electron chi connectivity index (χ4n) is 1.70. The SMILES string of the molecule is CN(C)c1ccc(N)c(OCc2ccccc2Br)c1. The molecule has 0 aliphatic carbocycles. The highest BCUT2D eigenvalue weighted by Gasteiger charge is 2.05. The van der Waals surface area contributed by atoms with Gasteiger partial charge in [0.15, 0.2) is 0 Å². The van der Waals surface area contributed by atoms with Crippen molar-refractivity contribution < 1.29 is 4.74 Å². The van der Waals surface area contributed by atoms with Gasteiger partial charge in [0.1, 0.15) is 12.4 Å². The lowest BCUT2D eigenvalue weighted by Gasteiger charge is -2.16. The number of rotatable bonds is 4.